The standard InChI is InChI=1S/C35H43N7O4S2Si/c1-7-45-33(43)30-32(41-18-17-26(22-41)46-25-13-9-8-10-14-25)48-34(36-30)40(3)29-21-24(2)31(39-38-29)37-35-42(23-44-19-20-49(4,5)6)27-15-11-12-16-28(27)47-35/h8-16,21,26H,7,17-20,22-23H2,1-6H3/t26-/m0/s1. The summed E-state index contributed by atoms with van der Waals surface area (Å²) in [7, 11) is 0.675. The molecule has 0 N–H and O–H groups in total. The second-order valence-corrected chi connectivity index (χ2v) is 20.8. The molecule has 2 aromatic carbocycles. The van der Waals surface area contributed by atoms with E-state index in [9.17, 15) is 4.79 Å². The third kappa shape index (κ3) is 8.37. The first-order chi connectivity index (χ1) is 23.6. The lowest BCUT2D eigenvalue weighted by Crippen LogP contribution is -2.25. The van der Waals surface area contributed by atoms with Gasteiger partial charge in [-0.3, -0.25) is 4.57 Å². The fourth-order valence-electron chi connectivity index (χ4n) is 5.38. The Morgan fingerprint density at radius 2 is 1.86 bits per heavy atom. The molecule has 4 heterocycles. The number of ether oxygens (including phenoxy) is 3. The summed E-state index contributed by atoms with van der Waals surface area (Å²) in [4.78, 5) is 27.6. The molecule has 5 aromatic rings. The summed E-state index contributed by atoms with van der Waals surface area (Å²) in [6, 6.07) is 21.1. The van der Waals surface area contributed by atoms with Gasteiger partial charge in [0.15, 0.2) is 27.3 Å². The number of nitrogens with zero attached hydrogens (tertiary/aromatic N) is 7. The van der Waals surface area contributed by atoms with Crippen molar-refractivity contribution in [3.8, 4) is 5.75 Å². The molecule has 1 fully saturated rings. The highest BCUT2D eigenvalue weighted by Gasteiger charge is 2.32. The second kappa shape index (κ2) is 15.2. The van der Waals surface area contributed by atoms with Crippen LogP contribution >= 0.6 is 22.7 Å². The molecule has 258 valence electrons. The quantitative estimate of drug-likeness (QED) is 0.0700. The fraction of sp³-hybridized carbons (Fsp3) is 0.400. The van der Waals surface area contributed by atoms with Crippen LogP contribution in [0, 0.1) is 6.92 Å². The maximum Gasteiger partial charge on any atom is 0.360 e. The Morgan fingerprint density at radius 3 is 2.61 bits per heavy atom. The van der Waals surface area contributed by atoms with Crippen molar-refractivity contribution in [3.05, 3.63) is 76.7 Å². The van der Waals surface area contributed by atoms with E-state index in [1.54, 1.807) is 18.3 Å². The maximum absolute atomic E-state index is 13.1. The molecule has 6 rings (SSSR count). The predicted octanol–water partition coefficient (Wildman–Crippen LogP) is 7.40. The molecule has 0 unspecified atom stereocenters. The number of anilines is 3. The molecule has 1 saturated heterocycles. The number of carbonyl (C=O) groups is 1. The molecule has 1 aliphatic heterocycles. The Labute approximate surface area is 295 Å². The van der Waals surface area contributed by atoms with E-state index in [0.29, 0.717) is 35.7 Å². The van der Waals surface area contributed by atoms with Crippen molar-refractivity contribution in [2.75, 3.05) is 43.2 Å². The zero-order valence-electron chi connectivity index (χ0n) is 28.9. The van der Waals surface area contributed by atoms with Gasteiger partial charge in [-0.05, 0) is 55.8 Å². The fourth-order valence-corrected chi connectivity index (χ4v) is 8.22. The number of rotatable bonds is 13. The van der Waals surface area contributed by atoms with Crippen LogP contribution in [0.1, 0.15) is 29.4 Å². The van der Waals surface area contributed by atoms with Crippen LogP contribution < -0.4 is 19.3 Å². The summed E-state index contributed by atoms with van der Waals surface area (Å²) in [6.07, 6.45) is 0.835. The number of benzene rings is 2. The Balaban J connectivity index is 1.24. The van der Waals surface area contributed by atoms with Crippen molar-refractivity contribution in [1.29, 1.82) is 0 Å². The van der Waals surface area contributed by atoms with E-state index in [2.05, 4.69) is 51.4 Å². The average Bonchev–Trinajstić information content (AvgIpc) is 3.81. The molecular formula is C35H43N7O4S2Si. The summed E-state index contributed by atoms with van der Waals surface area (Å²) in [6.45, 7) is 13.6. The summed E-state index contributed by atoms with van der Waals surface area (Å²) < 4.78 is 21.0. The van der Waals surface area contributed by atoms with Crippen LogP contribution in [0.4, 0.5) is 21.8 Å². The number of aromatic nitrogens is 4. The van der Waals surface area contributed by atoms with Crippen LogP contribution in [0.5, 0.6) is 5.75 Å². The van der Waals surface area contributed by atoms with Gasteiger partial charge in [-0.2, -0.15) is 4.99 Å². The van der Waals surface area contributed by atoms with Crippen molar-refractivity contribution >= 4 is 68.7 Å². The van der Waals surface area contributed by atoms with E-state index < -0.39 is 14.0 Å². The Hall–Kier alpha value is -4.11. The van der Waals surface area contributed by atoms with E-state index in [1.807, 2.05) is 67.4 Å². The minimum atomic E-state index is -1.20. The topological polar surface area (TPSA) is 107 Å². The van der Waals surface area contributed by atoms with Gasteiger partial charge in [0.25, 0.3) is 0 Å². The number of thiazole rings is 2. The van der Waals surface area contributed by atoms with Crippen molar-refractivity contribution in [1.82, 2.24) is 19.7 Å². The molecule has 0 aliphatic carbocycles. The third-order valence-corrected chi connectivity index (χ3v) is 12.1. The SMILES string of the molecule is CCOC(=O)c1nc(N(C)c2cc(C)c(N=c3sc4ccccc4n3COCC[Si](C)(C)C)nn2)sc1N1CC[C@H](Oc2ccccc2)C1. The first-order valence-corrected chi connectivity index (χ1v) is 21.9. The summed E-state index contributed by atoms with van der Waals surface area (Å²) in [5.41, 5.74) is 2.24. The molecule has 11 nitrogen and oxygen atoms in total. The van der Waals surface area contributed by atoms with Gasteiger partial charge in [0.2, 0.25) is 0 Å². The first kappa shape index (κ1) is 34.7. The van der Waals surface area contributed by atoms with E-state index in [1.165, 1.54) is 11.3 Å². The van der Waals surface area contributed by atoms with Crippen molar-refractivity contribution in [3.63, 3.8) is 0 Å². The number of hydrogen-bond acceptors (Lipinski definition) is 12. The molecule has 0 spiro atoms. The van der Waals surface area contributed by atoms with Crippen molar-refractivity contribution in [2.45, 2.75) is 58.8 Å². The minimum Gasteiger partial charge on any atom is -0.489 e. The van der Waals surface area contributed by atoms with Gasteiger partial charge >= 0.3 is 5.97 Å². The van der Waals surface area contributed by atoms with Gasteiger partial charge in [0.05, 0.1) is 23.4 Å². The molecule has 3 aromatic heterocycles. The van der Waals surface area contributed by atoms with E-state index in [4.69, 9.17) is 24.2 Å². The van der Waals surface area contributed by atoms with Crippen LogP contribution in [0.2, 0.25) is 25.7 Å². The Kier molecular flexibility index (Phi) is 10.8. The molecule has 49 heavy (non-hydrogen) atoms. The Bertz CT molecular complexity index is 1970. The van der Waals surface area contributed by atoms with Gasteiger partial charge in [0.1, 0.15) is 23.6 Å². The number of fused-ring (bicyclic) bond motifs is 1. The third-order valence-electron chi connectivity index (χ3n) is 8.13. The first-order valence-electron chi connectivity index (χ1n) is 16.5. The summed E-state index contributed by atoms with van der Waals surface area (Å²) in [5.74, 6) is 1.52. The number of esters is 1. The molecule has 0 amide bonds. The molecule has 0 bridgehead atoms. The molecule has 14 heteroatoms. The van der Waals surface area contributed by atoms with Crippen molar-refractivity contribution in [2.24, 2.45) is 4.99 Å². The highest BCUT2D eigenvalue weighted by molar-refractivity contribution is 7.20. The van der Waals surface area contributed by atoms with Gasteiger partial charge in [-0.15, -0.1) is 10.2 Å². The zero-order chi connectivity index (χ0) is 34.5. The number of hydrogen-bond donors (Lipinski definition) is 0. The maximum atomic E-state index is 13.1. The molecule has 1 atom stereocenters. The normalized spacial score (nSPS) is 15.3. The minimum absolute atomic E-state index is 0.00173. The van der Waals surface area contributed by atoms with Gasteiger partial charge in [-0.1, -0.05) is 72.6 Å². The largest absolute Gasteiger partial charge is 0.489 e. The average molecular weight is 718 g/mol. The number of aryl methyl sites for hydroxylation is 1. The highest BCUT2D eigenvalue weighted by atomic mass is 32.1. The molecular weight excluding hydrogens is 675 g/mol. The predicted molar refractivity (Wildman–Crippen MR) is 200 cm³/mol. The summed E-state index contributed by atoms with van der Waals surface area (Å²) >= 11 is 3.03. The van der Waals surface area contributed by atoms with Crippen molar-refractivity contribution < 1.29 is 19.0 Å². The number of para-hydroxylation sites is 2. The van der Waals surface area contributed by atoms with Crippen LogP contribution in [0.15, 0.2) is 65.7 Å². The summed E-state index contributed by atoms with van der Waals surface area (Å²) in [5, 5.41) is 10.5. The Morgan fingerprint density at radius 1 is 1.08 bits per heavy atom. The smallest absolute Gasteiger partial charge is 0.360 e. The van der Waals surface area contributed by atoms with Crippen LogP contribution in [0.3, 0.4) is 0 Å². The van der Waals surface area contributed by atoms with E-state index in [-0.39, 0.29) is 12.7 Å². The lowest BCUT2D eigenvalue weighted by Gasteiger charge is -2.18. The molecule has 1 aliphatic rings. The van der Waals surface area contributed by atoms with E-state index >= 15 is 0 Å². The lowest BCUT2D eigenvalue weighted by molar-refractivity contribution is 0.0521. The van der Waals surface area contributed by atoms with Gasteiger partial charge < -0.3 is 24.0 Å². The van der Waals surface area contributed by atoms with Crippen LogP contribution in [0.25, 0.3) is 10.2 Å². The monoisotopic (exact) mass is 717 g/mol. The van der Waals surface area contributed by atoms with Gasteiger partial charge in [0, 0.05) is 34.7 Å². The molecule has 0 saturated carbocycles. The second-order valence-electron chi connectivity index (χ2n) is 13.2. The van der Waals surface area contributed by atoms with E-state index in [0.717, 1.165) is 56.9 Å². The number of carbonyl (C=O) groups excluding carboxylic acids is 1. The lowest BCUT2D eigenvalue weighted by atomic mass is 10.3. The van der Waals surface area contributed by atoms with Crippen LogP contribution in [-0.2, 0) is 16.2 Å². The van der Waals surface area contributed by atoms with Crippen LogP contribution in [-0.4, -0.2) is 73.2 Å². The highest BCUT2D eigenvalue weighted by Crippen LogP contribution is 2.39. The molecule has 0 radical (unpaired) electrons. The van der Waals surface area contributed by atoms with Gasteiger partial charge in [-0.25, -0.2) is 9.78 Å². The zero-order valence-corrected chi connectivity index (χ0v) is 31.5.